The summed E-state index contributed by atoms with van der Waals surface area (Å²) < 4.78 is 10.1. The van der Waals surface area contributed by atoms with E-state index in [4.69, 9.17) is 9.47 Å². The molecule has 0 radical (unpaired) electrons. The van der Waals surface area contributed by atoms with E-state index in [0.717, 1.165) is 12.1 Å². The zero-order valence-corrected chi connectivity index (χ0v) is 16.2. The Balaban J connectivity index is 1.83. The van der Waals surface area contributed by atoms with Crippen molar-refractivity contribution in [3.8, 4) is 0 Å². The Morgan fingerprint density at radius 3 is 1.93 bits per heavy atom. The van der Waals surface area contributed by atoms with E-state index in [1.165, 1.54) is 0 Å². The summed E-state index contributed by atoms with van der Waals surface area (Å²) in [6.45, 7) is 1.87. The van der Waals surface area contributed by atoms with Gasteiger partial charge in [0.05, 0.1) is 17.7 Å². The Morgan fingerprint density at radius 1 is 0.857 bits per heavy atom. The molecule has 0 aliphatic heterocycles. The molecule has 0 fully saturated rings. The first-order chi connectivity index (χ1) is 13.4. The first-order valence-electron chi connectivity index (χ1n) is 8.92. The molecule has 2 aromatic carbocycles. The number of carbonyl (C=O) groups is 3. The molecule has 0 unspecified atom stereocenters. The SMILES string of the molecule is CCCOC(=O)c1ccc(NC(=O)COC(=O)c2ccc(N(C)C)cc2)cc1. The molecule has 0 aliphatic carbocycles. The third-order valence-electron chi connectivity index (χ3n) is 3.80. The Bertz CT molecular complexity index is 814. The average molecular weight is 384 g/mol. The van der Waals surface area contributed by atoms with Crippen LogP contribution in [-0.2, 0) is 14.3 Å². The van der Waals surface area contributed by atoms with E-state index < -0.39 is 24.5 Å². The summed E-state index contributed by atoms with van der Waals surface area (Å²) in [5, 5.41) is 2.61. The van der Waals surface area contributed by atoms with E-state index in [2.05, 4.69) is 5.32 Å². The minimum absolute atomic E-state index is 0.362. The average Bonchev–Trinajstić information content (AvgIpc) is 2.70. The summed E-state index contributed by atoms with van der Waals surface area (Å²) in [5.41, 5.74) is 2.21. The predicted octanol–water partition coefficient (Wildman–Crippen LogP) is 3.11. The zero-order chi connectivity index (χ0) is 20.5. The number of amides is 1. The standard InChI is InChI=1S/C21H24N2O5/c1-4-13-27-20(25)15-5-9-17(10-6-15)22-19(24)14-28-21(26)16-7-11-18(12-8-16)23(2)3/h5-12H,4,13-14H2,1-3H3,(H,22,24). The Labute approximate surface area is 164 Å². The van der Waals surface area contributed by atoms with Crippen LogP contribution in [0.1, 0.15) is 34.1 Å². The molecule has 0 bridgehead atoms. The van der Waals surface area contributed by atoms with Crippen molar-refractivity contribution < 1.29 is 23.9 Å². The first-order valence-corrected chi connectivity index (χ1v) is 8.92. The highest BCUT2D eigenvalue weighted by molar-refractivity contribution is 5.96. The third-order valence-corrected chi connectivity index (χ3v) is 3.80. The molecule has 0 heterocycles. The predicted molar refractivity (Wildman–Crippen MR) is 107 cm³/mol. The summed E-state index contributed by atoms with van der Waals surface area (Å²) in [7, 11) is 3.80. The molecule has 2 rings (SSSR count). The molecule has 0 saturated heterocycles. The number of nitrogens with one attached hydrogen (secondary N) is 1. The second-order valence-corrected chi connectivity index (χ2v) is 6.28. The van der Waals surface area contributed by atoms with Crippen molar-refractivity contribution in [1.29, 1.82) is 0 Å². The maximum atomic E-state index is 12.0. The van der Waals surface area contributed by atoms with E-state index in [-0.39, 0.29) is 0 Å². The van der Waals surface area contributed by atoms with Gasteiger partial charge < -0.3 is 19.7 Å². The zero-order valence-electron chi connectivity index (χ0n) is 16.2. The number of nitrogens with zero attached hydrogens (tertiary/aromatic N) is 1. The quantitative estimate of drug-likeness (QED) is 0.704. The lowest BCUT2D eigenvalue weighted by molar-refractivity contribution is -0.119. The van der Waals surface area contributed by atoms with Gasteiger partial charge in [0.1, 0.15) is 0 Å². The fraction of sp³-hybridized carbons (Fsp3) is 0.286. The summed E-state index contributed by atoms with van der Waals surface area (Å²) in [6.07, 6.45) is 0.748. The molecule has 7 nitrogen and oxygen atoms in total. The summed E-state index contributed by atoms with van der Waals surface area (Å²) in [6, 6.07) is 13.2. The molecule has 0 atom stereocenters. The lowest BCUT2D eigenvalue weighted by Gasteiger charge is -2.12. The van der Waals surface area contributed by atoms with Crippen molar-refractivity contribution in [3.05, 3.63) is 59.7 Å². The van der Waals surface area contributed by atoms with Crippen molar-refractivity contribution in [3.63, 3.8) is 0 Å². The van der Waals surface area contributed by atoms with Crippen LogP contribution in [0.25, 0.3) is 0 Å². The number of ether oxygens (including phenoxy) is 2. The van der Waals surface area contributed by atoms with E-state index in [0.29, 0.717) is 23.4 Å². The molecular weight excluding hydrogens is 360 g/mol. The number of benzene rings is 2. The largest absolute Gasteiger partial charge is 0.462 e. The van der Waals surface area contributed by atoms with Gasteiger partial charge in [0.15, 0.2) is 6.61 Å². The molecule has 1 N–H and O–H groups in total. The molecule has 28 heavy (non-hydrogen) atoms. The highest BCUT2D eigenvalue weighted by Gasteiger charge is 2.11. The van der Waals surface area contributed by atoms with Gasteiger partial charge in [-0.15, -0.1) is 0 Å². The van der Waals surface area contributed by atoms with E-state index in [1.807, 2.05) is 25.9 Å². The lowest BCUT2D eigenvalue weighted by atomic mass is 10.2. The highest BCUT2D eigenvalue weighted by atomic mass is 16.5. The van der Waals surface area contributed by atoms with E-state index >= 15 is 0 Å². The monoisotopic (exact) mass is 384 g/mol. The molecule has 0 aliphatic rings. The van der Waals surface area contributed by atoms with Crippen molar-refractivity contribution in [2.45, 2.75) is 13.3 Å². The number of hydrogen-bond acceptors (Lipinski definition) is 6. The van der Waals surface area contributed by atoms with Crippen LogP contribution < -0.4 is 10.2 Å². The number of rotatable bonds is 8. The number of carbonyl (C=O) groups excluding carboxylic acids is 3. The minimum Gasteiger partial charge on any atom is -0.462 e. The van der Waals surface area contributed by atoms with Gasteiger partial charge in [0, 0.05) is 25.5 Å². The molecule has 0 saturated carbocycles. The fourth-order valence-electron chi connectivity index (χ4n) is 2.27. The molecule has 0 spiro atoms. The summed E-state index contributed by atoms with van der Waals surface area (Å²) in [5.74, 6) is -1.46. The van der Waals surface area contributed by atoms with Crippen LogP contribution in [0, 0.1) is 0 Å². The van der Waals surface area contributed by atoms with Crippen LogP contribution >= 0.6 is 0 Å². The van der Waals surface area contributed by atoms with Crippen molar-refractivity contribution in [2.24, 2.45) is 0 Å². The third kappa shape index (κ3) is 6.12. The topological polar surface area (TPSA) is 84.9 Å². The van der Waals surface area contributed by atoms with Gasteiger partial charge in [-0.3, -0.25) is 4.79 Å². The maximum absolute atomic E-state index is 12.0. The number of hydrogen-bond donors (Lipinski definition) is 1. The minimum atomic E-state index is -0.575. The van der Waals surface area contributed by atoms with Crippen LogP contribution in [0.3, 0.4) is 0 Å². The summed E-state index contributed by atoms with van der Waals surface area (Å²) >= 11 is 0. The smallest absolute Gasteiger partial charge is 0.338 e. The van der Waals surface area contributed by atoms with Crippen molar-refractivity contribution in [2.75, 3.05) is 37.5 Å². The van der Waals surface area contributed by atoms with Gasteiger partial charge >= 0.3 is 11.9 Å². The van der Waals surface area contributed by atoms with E-state index in [9.17, 15) is 14.4 Å². The van der Waals surface area contributed by atoms with Crippen LogP contribution in [0.2, 0.25) is 0 Å². The summed E-state index contributed by atoms with van der Waals surface area (Å²) in [4.78, 5) is 37.6. The first kappa shape index (κ1) is 21.0. The van der Waals surface area contributed by atoms with Gasteiger partial charge in [-0.25, -0.2) is 9.59 Å². The second-order valence-electron chi connectivity index (χ2n) is 6.28. The highest BCUT2D eigenvalue weighted by Crippen LogP contribution is 2.13. The molecule has 148 valence electrons. The fourth-order valence-corrected chi connectivity index (χ4v) is 2.27. The van der Waals surface area contributed by atoms with Crippen LogP contribution in [0.4, 0.5) is 11.4 Å². The van der Waals surface area contributed by atoms with Gasteiger partial charge in [-0.2, -0.15) is 0 Å². The normalized spacial score (nSPS) is 10.1. The van der Waals surface area contributed by atoms with Gasteiger partial charge in [-0.05, 0) is 55.0 Å². The molecule has 1 amide bonds. The molecular formula is C21H24N2O5. The van der Waals surface area contributed by atoms with Crippen LogP contribution in [0.15, 0.2) is 48.5 Å². The van der Waals surface area contributed by atoms with E-state index in [1.54, 1.807) is 48.5 Å². The van der Waals surface area contributed by atoms with Crippen molar-refractivity contribution in [1.82, 2.24) is 0 Å². The number of esters is 2. The van der Waals surface area contributed by atoms with Gasteiger partial charge in [0.2, 0.25) is 0 Å². The van der Waals surface area contributed by atoms with Gasteiger partial charge in [0.25, 0.3) is 5.91 Å². The molecule has 2 aromatic rings. The molecule has 0 aromatic heterocycles. The Morgan fingerprint density at radius 2 is 1.39 bits per heavy atom. The Hall–Kier alpha value is -3.35. The van der Waals surface area contributed by atoms with Crippen LogP contribution in [-0.4, -0.2) is 45.2 Å². The van der Waals surface area contributed by atoms with Gasteiger partial charge in [-0.1, -0.05) is 6.92 Å². The lowest BCUT2D eigenvalue weighted by Crippen LogP contribution is -2.21. The Kier molecular flexibility index (Phi) is 7.56. The number of anilines is 2. The second kappa shape index (κ2) is 10.1. The molecule has 7 heteroatoms. The maximum Gasteiger partial charge on any atom is 0.338 e. The van der Waals surface area contributed by atoms with Crippen LogP contribution in [0.5, 0.6) is 0 Å². The van der Waals surface area contributed by atoms with Crippen molar-refractivity contribution >= 4 is 29.2 Å².